The van der Waals surface area contributed by atoms with Gasteiger partial charge in [-0.1, -0.05) is 37.3 Å². The molecule has 1 amide bonds. The predicted molar refractivity (Wildman–Crippen MR) is 178 cm³/mol. The maximum atomic E-state index is 12.9. The second-order valence-corrected chi connectivity index (χ2v) is 11.7. The molecule has 5 aromatic heterocycles. The van der Waals surface area contributed by atoms with Crippen LogP contribution in [0.3, 0.4) is 0 Å². The molecule has 11 heteroatoms. The van der Waals surface area contributed by atoms with Crippen LogP contribution in [0.2, 0.25) is 0 Å². The molecule has 11 nitrogen and oxygen atoms in total. The van der Waals surface area contributed by atoms with Gasteiger partial charge in [0.25, 0.3) is 0 Å². The normalized spacial score (nSPS) is 14.1. The van der Waals surface area contributed by atoms with Crippen LogP contribution in [0.4, 0.5) is 5.82 Å². The van der Waals surface area contributed by atoms with Crippen molar-refractivity contribution in [2.75, 3.05) is 38.0 Å². The van der Waals surface area contributed by atoms with Gasteiger partial charge in [-0.2, -0.15) is 10.2 Å². The van der Waals surface area contributed by atoms with Crippen molar-refractivity contribution in [1.29, 1.82) is 0 Å². The Hall–Kier alpha value is -5.26. The number of hydrogen-bond donors (Lipinski definition) is 1. The van der Waals surface area contributed by atoms with Gasteiger partial charge in [0.1, 0.15) is 5.82 Å². The fourth-order valence-electron chi connectivity index (χ4n) is 5.98. The summed E-state index contributed by atoms with van der Waals surface area (Å²) >= 11 is 0. The number of rotatable bonds is 9. The van der Waals surface area contributed by atoms with Crippen LogP contribution in [0.25, 0.3) is 39.0 Å². The van der Waals surface area contributed by atoms with Gasteiger partial charge in [0.15, 0.2) is 0 Å². The Morgan fingerprint density at radius 2 is 1.59 bits per heavy atom. The molecule has 1 aliphatic rings. The first-order valence-electron chi connectivity index (χ1n) is 15.6. The van der Waals surface area contributed by atoms with Crippen molar-refractivity contribution >= 4 is 17.2 Å². The van der Waals surface area contributed by atoms with Crippen molar-refractivity contribution in [3.8, 4) is 33.5 Å². The number of nitrogens with zero attached hydrogens (tertiary/aromatic N) is 9. The Labute approximate surface area is 267 Å². The SMILES string of the molecule is CCN1CCN(Cc2ccc(NC(=O)Cc3ccc(-c4cnn5cc(-c6cnn(C)c6)cc(-c6cnccn6)c45)cc3)nc2)CC1. The summed E-state index contributed by atoms with van der Waals surface area (Å²) in [7, 11) is 1.90. The highest BCUT2D eigenvalue weighted by Crippen LogP contribution is 2.35. The van der Waals surface area contributed by atoms with Gasteiger partial charge in [-0.3, -0.25) is 24.3 Å². The van der Waals surface area contributed by atoms with E-state index in [1.165, 1.54) is 0 Å². The molecule has 1 aromatic carbocycles. The van der Waals surface area contributed by atoms with Crippen molar-refractivity contribution in [2.45, 2.75) is 19.9 Å². The first-order valence-corrected chi connectivity index (χ1v) is 15.6. The third kappa shape index (κ3) is 6.42. The second kappa shape index (κ2) is 13.0. The number of benzene rings is 1. The van der Waals surface area contributed by atoms with E-state index in [0.29, 0.717) is 5.82 Å². The van der Waals surface area contributed by atoms with E-state index in [2.05, 4.69) is 54.2 Å². The Balaban J connectivity index is 1.05. The number of fused-ring (bicyclic) bond motifs is 1. The minimum Gasteiger partial charge on any atom is -0.310 e. The number of carbonyl (C=O) groups is 1. The number of likely N-dealkylation sites (N-methyl/N-ethyl adjacent to an activating group) is 1. The molecular weight excluding hydrogens is 576 g/mol. The molecule has 0 unspecified atom stereocenters. The first-order chi connectivity index (χ1) is 22.5. The fraction of sp³-hybridized carbons (Fsp3) is 0.257. The molecule has 46 heavy (non-hydrogen) atoms. The van der Waals surface area contributed by atoms with E-state index in [1.54, 1.807) is 23.3 Å². The molecule has 6 aromatic rings. The summed E-state index contributed by atoms with van der Waals surface area (Å²) in [6.45, 7) is 8.55. The lowest BCUT2D eigenvalue weighted by molar-refractivity contribution is -0.115. The van der Waals surface area contributed by atoms with Crippen molar-refractivity contribution in [3.63, 3.8) is 0 Å². The molecule has 0 bridgehead atoms. The molecule has 1 aliphatic heterocycles. The molecule has 1 saturated heterocycles. The van der Waals surface area contributed by atoms with Crippen LogP contribution in [-0.4, -0.2) is 82.8 Å². The number of pyridine rings is 2. The third-order valence-corrected chi connectivity index (χ3v) is 8.53. The van der Waals surface area contributed by atoms with Gasteiger partial charge in [0.05, 0.1) is 36.2 Å². The van der Waals surface area contributed by atoms with E-state index in [1.807, 2.05) is 72.9 Å². The number of hydrogen-bond acceptors (Lipinski definition) is 8. The summed E-state index contributed by atoms with van der Waals surface area (Å²) < 4.78 is 3.66. The predicted octanol–water partition coefficient (Wildman–Crippen LogP) is 4.57. The number of aryl methyl sites for hydroxylation is 1. The molecule has 0 radical (unpaired) electrons. The molecular formula is C35H36N10O. The van der Waals surface area contributed by atoms with E-state index in [-0.39, 0.29) is 12.3 Å². The van der Waals surface area contributed by atoms with Crippen LogP contribution < -0.4 is 5.32 Å². The molecule has 0 spiro atoms. The van der Waals surface area contributed by atoms with Crippen molar-refractivity contribution in [2.24, 2.45) is 7.05 Å². The number of amides is 1. The molecule has 1 fully saturated rings. The van der Waals surface area contributed by atoms with E-state index < -0.39 is 0 Å². The van der Waals surface area contributed by atoms with Crippen LogP contribution in [0.15, 0.2) is 92.0 Å². The smallest absolute Gasteiger partial charge is 0.229 e. The fourth-order valence-corrected chi connectivity index (χ4v) is 5.98. The van der Waals surface area contributed by atoms with E-state index in [4.69, 9.17) is 5.10 Å². The second-order valence-electron chi connectivity index (χ2n) is 11.7. The molecule has 1 N–H and O–H groups in total. The zero-order valence-electron chi connectivity index (χ0n) is 26.0. The van der Waals surface area contributed by atoms with E-state index in [9.17, 15) is 4.79 Å². The number of anilines is 1. The van der Waals surface area contributed by atoms with Gasteiger partial charge >= 0.3 is 0 Å². The highest BCUT2D eigenvalue weighted by atomic mass is 16.1. The van der Waals surface area contributed by atoms with E-state index in [0.717, 1.165) is 89.4 Å². The Morgan fingerprint density at radius 1 is 0.783 bits per heavy atom. The molecule has 0 atom stereocenters. The third-order valence-electron chi connectivity index (χ3n) is 8.53. The van der Waals surface area contributed by atoms with Gasteiger partial charge in [-0.25, -0.2) is 9.50 Å². The summed E-state index contributed by atoms with van der Waals surface area (Å²) in [5.41, 5.74) is 8.59. The summed E-state index contributed by atoms with van der Waals surface area (Å²) in [5, 5.41) is 12.0. The number of piperazine rings is 1. The van der Waals surface area contributed by atoms with Crippen LogP contribution in [0, 0.1) is 0 Å². The van der Waals surface area contributed by atoms with Gasteiger partial charge in [0, 0.05) is 93.0 Å². The number of nitrogens with one attached hydrogen (secondary N) is 1. The highest BCUT2D eigenvalue weighted by Gasteiger charge is 2.18. The topological polar surface area (TPSA) is 109 Å². The van der Waals surface area contributed by atoms with Crippen molar-refractivity contribution in [3.05, 3.63) is 103 Å². The zero-order chi connectivity index (χ0) is 31.5. The van der Waals surface area contributed by atoms with Gasteiger partial charge < -0.3 is 10.2 Å². The van der Waals surface area contributed by atoms with E-state index >= 15 is 0 Å². The van der Waals surface area contributed by atoms with Crippen molar-refractivity contribution in [1.82, 2.24) is 44.1 Å². The number of carbonyl (C=O) groups excluding carboxylic acids is 1. The lowest BCUT2D eigenvalue weighted by atomic mass is 9.99. The van der Waals surface area contributed by atoms with Crippen LogP contribution in [0.5, 0.6) is 0 Å². The van der Waals surface area contributed by atoms with Crippen molar-refractivity contribution < 1.29 is 4.79 Å². The highest BCUT2D eigenvalue weighted by molar-refractivity contribution is 5.94. The average molecular weight is 613 g/mol. The van der Waals surface area contributed by atoms with Crippen LogP contribution in [0.1, 0.15) is 18.1 Å². The van der Waals surface area contributed by atoms with Crippen LogP contribution >= 0.6 is 0 Å². The summed E-state index contributed by atoms with van der Waals surface area (Å²) in [6, 6.07) is 14.1. The van der Waals surface area contributed by atoms with Gasteiger partial charge in [-0.05, 0) is 35.4 Å². The minimum absolute atomic E-state index is 0.104. The molecule has 7 rings (SSSR count). The first kappa shape index (κ1) is 29.5. The molecule has 6 heterocycles. The van der Waals surface area contributed by atoms with Gasteiger partial charge in [-0.15, -0.1) is 0 Å². The lowest BCUT2D eigenvalue weighted by Crippen LogP contribution is -2.45. The summed E-state index contributed by atoms with van der Waals surface area (Å²) in [6.07, 6.45) is 14.9. The maximum absolute atomic E-state index is 12.9. The minimum atomic E-state index is -0.104. The number of aromatic nitrogens is 7. The maximum Gasteiger partial charge on any atom is 0.229 e. The Morgan fingerprint density at radius 3 is 2.28 bits per heavy atom. The Bertz CT molecular complexity index is 1940. The Kier molecular flexibility index (Phi) is 8.32. The lowest BCUT2D eigenvalue weighted by Gasteiger charge is -2.33. The molecule has 0 saturated carbocycles. The van der Waals surface area contributed by atoms with Crippen LogP contribution in [-0.2, 0) is 24.8 Å². The standard InChI is InChI=1S/C35H36N10O/c1-3-43-12-14-44(15-13-43)22-26-6-9-33(38-18-26)41-34(46)16-25-4-7-27(8-5-25)31-20-40-45-24-28(29-19-39-42(2)23-29)17-30(35(31)45)32-21-36-10-11-37-32/h4-11,17-21,23-24H,3,12-16,22H2,1-2H3,(H,38,41,46). The monoisotopic (exact) mass is 612 g/mol. The zero-order valence-corrected chi connectivity index (χ0v) is 26.0. The summed E-state index contributed by atoms with van der Waals surface area (Å²) in [4.78, 5) is 31.2. The van der Waals surface area contributed by atoms with Gasteiger partial charge in [0.2, 0.25) is 5.91 Å². The quantitative estimate of drug-likeness (QED) is 0.253. The summed E-state index contributed by atoms with van der Waals surface area (Å²) in [5.74, 6) is 0.460. The average Bonchev–Trinajstić information content (AvgIpc) is 3.73. The molecule has 232 valence electrons. The largest absolute Gasteiger partial charge is 0.310 e. The molecule has 0 aliphatic carbocycles.